The Labute approximate surface area is 103 Å². The molecule has 0 aromatic heterocycles. The van der Waals surface area contributed by atoms with Crippen LogP contribution >= 0.6 is 22.6 Å². The molecule has 0 bridgehead atoms. The van der Waals surface area contributed by atoms with Gasteiger partial charge in [0.05, 0.1) is 5.92 Å². The van der Waals surface area contributed by atoms with E-state index in [4.69, 9.17) is 0 Å². The maximum Gasteiger partial charge on any atom is 0.228 e. The van der Waals surface area contributed by atoms with Crippen molar-refractivity contribution in [2.75, 3.05) is 18.4 Å². The van der Waals surface area contributed by atoms with E-state index in [1.165, 1.54) is 3.57 Å². The average Bonchev–Trinajstić information content (AvgIpc) is 2.74. The molecule has 15 heavy (non-hydrogen) atoms. The van der Waals surface area contributed by atoms with Crippen LogP contribution in [0.3, 0.4) is 0 Å². The second-order valence-electron chi connectivity index (χ2n) is 3.69. The largest absolute Gasteiger partial charge is 0.326 e. The van der Waals surface area contributed by atoms with Crippen molar-refractivity contribution in [2.45, 2.75) is 6.42 Å². The number of carbonyl (C=O) groups is 1. The molecule has 2 rings (SSSR count). The van der Waals surface area contributed by atoms with Gasteiger partial charge in [-0.25, -0.2) is 0 Å². The van der Waals surface area contributed by atoms with Crippen molar-refractivity contribution in [2.24, 2.45) is 5.92 Å². The molecule has 4 heteroatoms. The van der Waals surface area contributed by atoms with E-state index >= 15 is 0 Å². The molecule has 1 aromatic carbocycles. The third-order valence-electron chi connectivity index (χ3n) is 2.54. The molecule has 1 amide bonds. The Morgan fingerprint density at radius 3 is 2.73 bits per heavy atom. The lowest BCUT2D eigenvalue weighted by Crippen LogP contribution is -2.24. The first kappa shape index (κ1) is 10.9. The second-order valence-corrected chi connectivity index (χ2v) is 4.93. The highest BCUT2D eigenvalue weighted by molar-refractivity contribution is 14.1. The van der Waals surface area contributed by atoms with Crippen LogP contribution in [0.15, 0.2) is 24.3 Å². The van der Waals surface area contributed by atoms with Crippen molar-refractivity contribution in [3.63, 3.8) is 0 Å². The maximum absolute atomic E-state index is 11.7. The average molecular weight is 316 g/mol. The molecule has 0 aliphatic carbocycles. The van der Waals surface area contributed by atoms with Gasteiger partial charge in [0, 0.05) is 15.8 Å². The van der Waals surface area contributed by atoms with E-state index in [1.807, 2.05) is 24.3 Å². The first-order chi connectivity index (χ1) is 7.25. The quantitative estimate of drug-likeness (QED) is 0.818. The summed E-state index contributed by atoms with van der Waals surface area (Å²) in [4.78, 5) is 11.7. The summed E-state index contributed by atoms with van der Waals surface area (Å²) >= 11 is 2.25. The number of hydrogen-bond donors (Lipinski definition) is 2. The highest BCUT2D eigenvalue weighted by atomic mass is 127. The number of benzene rings is 1. The van der Waals surface area contributed by atoms with Crippen molar-refractivity contribution in [1.82, 2.24) is 5.32 Å². The fourth-order valence-corrected chi connectivity index (χ4v) is 2.02. The fourth-order valence-electron chi connectivity index (χ4n) is 1.66. The Balaban J connectivity index is 1.96. The monoisotopic (exact) mass is 316 g/mol. The van der Waals surface area contributed by atoms with E-state index in [0.29, 0.717) is 0 Å². The number of rotatable bonds is 2. The summed E-state index contributed by atoms with van der Waals surface area (Å²) in [6.07, 6.45) is 0.941. The van der Waals surface area contributed by atoms with E-state index in [0.717, 1.165) is 25.2 Å². The predicted octanol–water partition coefficient (Wildman–Crippen LogP) is 1.84. The molecule has 1 aliphatic rings. The molecule has 3 nitrogen and oxygen atoms in total. The number of anilines is 1. The number of halogens is 1. The Bertz CT molecular complexity index is 344. The van der Waals surface area contributed by atoms with Gasteiger partial charge in [-0.1, -0.05) is 0 Å². The second kappa shape index (κ2) is 4.94. The van der Waals surface area contributed by atoms with E-state index in [2.05, 4.69) is 33.2 Å². The van der Waals surface area contributed by atoms with Crippen molar-refractivity contribution >= 4 is 34.2 Å². The van der Waals surface area contributed by atoms with E-state index in [-0.39, 0.29) is 11.8 Å². The molecule has 0 unspecified atom stereocenters. The molecule has 1 heterocycles. The third kappa shape index (κ3) is 2.92. The number of carbonyl (C=O) groups excluding carboxylic acids is 1. The Morgan fingerprint density at radius 2 is 2.13 bits per heavy atom. The first-order valence-electron chi connectivity index (χ1n) is 5.03. The lowest BCUT2D eigenvalue weighted by atomic mass is 10.1. The summed E-state index contributed by atoms with van der Waals surface area (Å²) in [5.41, 5.74) is 0.882. The smallest absolute Gasteiger partial charge is 0.228 e. The van der Waals surface area contributed by atoms with Crippen LogP contribution in [0.2, 0.25) is 0 Å². The van der Waals surface area contributed by atoms with Crippen molar-refractivity contribution < 1.29 is 4.79 Å². The van der Waals surface area contributed by atoms with E-state index in [9.17, 15) is 4.79 Å². The highest BCUT2D eigenvalue weighted by Gasteiger charge is 2.22. The maximum atomic E-state index is 11.7. The SMILES string of the molecule is O=C(Nc1ccc(I)cc1)[C@@H]1CCNC1. The number of hydrogen-bond acceptors (Lipinski definition) is 2. The minimum Gasteiger partial charge on any atom is -0.326 e. The third-order valence-corrected chi connectivity index (χ3v) is 3.26. The van der Waals surface area contributed by atoms with Gasteiger partial charge in [0.25, 0.3) is 0 Å². The van der Waals surface area contributed by atoms with Crippen LogP contribution < -0.4 is 10.6 Å². The molecule has 0 saturated carbocycles. The topological polar surface area (TPSA) is 41.1 Å². The molecule has 80 valence electrons. The van der Waals surface area contributed by atoms with Gasteiger partial charge >= 0.3 is 0 Å². The predicted molar refractivity (Wildman–Crippen MR) is 68.8 cm³/mol. The van der Waals surface area contributed by atoms with Gasteiger partial charge in [0.1, 0.15) is 0 Å². The van der Waals surface area contributed by atoms with Crippen molar-refractivity contribution in [3.8, 4) is 0 Å². The van der Waals surface area contributed by atoms with Crippen LogP contribution in [-0.4, -0.2) is 19.0 Å². The summed E-state index contributed by atoms with van der Waals surface area (Å²) in [5.74, 6) is 0.255. The molecular formula is C11H13IN2O. The minimum atomic E-state index is 0.126. The van der Waals surface area contributed by atoms with Gasteiger partial charge in [-0.3, -0.25) is 4.79 Å². The number of amides is 1. The van der Waals surface area contributed by atoms with E-state index in [1.54, 1.807) is 0 Å². The van der Waals surface area contributed by atoms with Crippen molar-refractivity contribution in [1.29, 1.82) is 0 Å². The summed E-state index contributed by atoms with van der Waals surface area (Å²) in [7, 11) is 0. The molecule has 1 atom stereocenters. The van der Waals surface area contributed by atoms with Crippen LogP contribution in [-0.2, 0) is 4.79 Å². The van der Waals surface area contributed by atoms with Crippen LogP contribution in [0.1, 0.15) is 6.42 Å². The summed E-state index contributed by atoms with van der Waals surface area (Å²) in [5, 5.41) is 6.11. The van der Waals surface area contributed by atoms with Gasteiger partial charge in [0.2, 0.25) is 5.91 Å². The van der Waals surface area contributed by atoms with Crippen molar-refractivity contribution in [3.05, 3.63) is 27.8 Å². The lowest BCUT2D eigenvalue weighted by molar-refractivity contribution is -0.119. The fraction of sp³-hybridized carbons (Fsp3) is 0.364. The zero-order valence-electron chi connectivity index (χ0n) is 8.29. The first-order valence-corrected chi connectivity index (χ1v) is 6.11. The molecule has 1 fully saturated rings. The molecule has 1 aromatic rings. The molecule has 0 spiro atoms. The molecule has 2 N–H and O–H groups in total. The van der Waals surface area contributed by atoms with Gasteiger partial charge in [0.15, 0.2) is 0 Å². The Kier molecular flexibility index (Phi) is 3.58. The van der Waals surface area contributed by atoms with Gasteiger partial charge in [-0.2, -0.15) is 0 Å². The zero-order valence-corrected chi connectivity index (χ0v) is 10.5. The van der Waals surface area contributed by atoms with Gasteiger partial charge < -0.3 is 10.6 Å². The minimum absolute atomic E-state index is 0.126. The van der Waals surface area contributed by atoms with Gasteiger partial charge in [-0.15, -0.1) is 0 Å². The summed E-state index contributed by atoms with van der Waals surface area (Å²) < 4.78 is 1.17. The zero-order chi connectivity index (χ0) is 10.7. The van der Waals surface area contributed by atoms with E-state index < -0.39 is 0 Å². The number of nitrogens with one attached hydrogen (secondary N) is 2. The normalized spacial score (nSPS) is 20.2. The standard InChI is InChI=1S/C11H13IN2O/c12-9-1-3-10(4-2-9)14-11(15)8-5-6-13-7-8/h1-4,8,13H,5-7H2,(H,14,15)/t8-/m1/s1. The van der Waals surface area contributed by atoms with Crippen LogP contribution in [0.4, 0.5) is 5.69 Å². The lowest BCUT2D eigenvalue weighted by Gasteiger charge is -2.09. The van der Waals surface area contributed by atoms with Crippen LogP contribution in [0, 0.1) is 9.49 Å². The molecule has 0 radical (unpaired) electrons. The highest BCUT2D eigenvalue weighted by Crippen LogP contribution is 2.14. The summed E-state index contributed by atoms with van der Waals surface area (Å²) in [6.45, 7) is 1.75. The molecular weight excluding hydrogens is 303 g/mol. The van der Waals surface area contributed by atoms with Crippen LogP contribution in [0.25, 0.3) is 0 Å². The van der Waals surface area contributed by atoms with Gasteiger partial charge in [-0.05, 0) is 59.8 Å². The molecule has 1 saturated heterocycles. The molecule has 1 aliphatic heterocycles. The Morgan fingerprint density at radius 1 is 1.40 bits per heavy atom. The van der Waals surface area contributed by atoms with Crippen LogP contribution in [0.5, 0.6) is 0 Å². The Hall–Kier alpha value is -0.620. The summed E-state index contributed by atoms with van der Waals surface area (Å²) in [6, 6.07) is 7.84.